The fourth-order valence-corrected chi connectivity index (χ4v) is 13.4. The number of hydrogen-bond acceptors (Lipinski definition) is 11. The zero-order valence-electron chi connectivity index (χ0n) is 32.7. The van der Waals surface area contributed by atoms with Gasteiger partial charge in [-0.1, -0.05) is 53.2 Å². The van der Waals surface area contributed by atoms with Crippen LogP contribution in [0.25, 0.3) is 0 Å². The van der Waals surface area contributed by atoms with Crippen LogP contribution in [0, 0.1) is 50.2 Å². The Morgan fingerprint density at radius 3 is 2.21 bits per heavy atom. The number of carbonyl (C=O) groups is 1. The smallest absolute Gasteiger partial charge is 0.310 e. The number of aliphatic hydroxyl groups excluding tert-OH is 6. The Kier molecular flexibility index (Phi) is 10.2. The maximum atomic E-state index is 13.1. The quantitative estimate of drug-likeness (QED) is 0.155. The Balaban J connectivity index is 1.13. The lowest BCUT2D eigenvalue weighted by Gasteiger charge is -2.71. The Hall–Kier alpha value is -1.19. The number of aliphatic carboxylic acids is 1. The molecule has 0 aromatic heterocycles. The van der Waals surface area contributed by atoms with Crippen LogP contribution in [0.1, 0.15) is 113 Å². The SMILES string of the molecule is C[C@@H]1O[C@@H](O[C@H]2[C@H](O[C@H]3CC[C@]4(C)[C@H]5CC=C6[C@@H]7C[C@](C)(CO)CC[C@]7(C(=O)O)CC[C@@]6(C)[C@]5(C)CC[C@H]4C3(C)C)OC[C@H](O)[C@@H]2O)[C@H](O)[C@H](O)[C@H]1O. The van der Waals surface area contributed by atoms with Crippen LogP contribution in [-0.2, 0) is 23.7 Å². The highest BCUT2D eigenvalue weighted by Gasteiger charge is 2.70. The lowest BCUT2D eigenvalue weighted by Crippen LogP contribution is -2.66. The molecule has 7 N–H and O–H groups in total. The van der Waals surface area contributed by atoms with E-state index >= 15 is 0 Å². The molecule has 7 aliphatic rings. The van der Waals surface area contributed by atoms with Gasteiger partial charge in [0.1, 0.15) is 36.6 Å². The van der Waals surface area contributed by atoms with Crippen molar-refractivity contribution >= 4 is 5.97 Å². The van der Waals surface area contributed by atoms with E-state index < -0.39 is 66.7 Å². The molecule has 0 aromatic rings. The molecule has 302 valence electrons. The molecule has 6 fully saturated rings. The molecule has 12 heteroatoms. The molecule has 0 radical (unpaired) electrons. The van der Waals surface area contributed by atoms with E-state index in [1.807, 2.05) is 0 Å². The summed E-state index contributed by atoms with van der Waals surface area (Å²) in [6, 6.07) is 0. The van der Waals surface area contributed by atoms with Crippen LogP contribution in [0.2, 0.25) is 0 Å². The second-order valence-corrected chi connectivity index (χ2v) is 20.0. The van der Waals surface area contributed by atoms with E-state index in [9.17, 15) is 40.5 Å². The van der Waals surface area contributed by atoms with Gasteiger partial charge in [-0.15, -0.1) is 0 Å². The van der Waals surface area contributed by atoms with Gasteiger partial charge in [0.05, 0.1) is 24.2 Å². The lowest BCUT2D eigenvalue weighted by molar-refractivity contribution is -0.364. The molecule has 0 spiro atoms. The van der Waals surface area contributed by atoms with E-state index in [0.29, 0.717) is 31.1 Å². The van der Waals surface area contributed by atoms with Crippen LogP contribution in [0.15, 0.2) is 11.6 Å². The Morgan fingerprint density at radius 2 is 1.53 bits per heavy atom. The van der Waals surface area contributed by atoms with Gasteiger partial charge in [-0.3, -0.25) is 4.79 Å². The minimum atomic E-state index is -1.59. The van der Waals surface area contributed by atoms with Crippen molar-refractivity contribution in [2.45, 2.75) is 174 Å². The van der Waals surface area contributed by atoms with Crippen LogP contribution < -0.4 is 0 Å². The van der Waals surface area contributed by atoms with Gasteiger partial charge in [0.2, 0.25) is 0 Å². The Labute approximate surface area is 314 Å². The predicted molar refractivity (Wildman–Crippen MR) is 192 cm³/mol. The van der Waals surface area contributed by atoms with Gasteiger partial charge in [0, 0.05) is 6.61 Å². The molecule has 0 aromatic carbocycles. The van der Waals surface area contributed by atoms with Crippen molar-refractivity contribution in [3.05, 3.63) is 11.6 Å². The van der Waals surface area contributed by atoms with Crippen molar-refractivity contribution < 1.29 is 59.5 Å². The first-order chi connectivity index (χ1) is 24.7. The zero-order valence-corrected chi connectivity index (χ0v) is 32.7. The summed E-state index contributed by atoms with van der Waals surface area (Å²) in [7, 11) is 0. The second kappa shape index (κ2) is 13.5. The molecule has 0 unspecified atom stereocenters. The molecule has 2 saturated heterocycles. The molecule has 2 heterocycles. The van der Waals surface area contributed by atoms with Crippen LogP contribution in [0.5, 0.6) is 0 Å². The molecule has 53 heavy (non-hydrogen) atoms. The maximum absolute atomic E-state index is 13.1. The number of rotatable bonds is 6. The summed E-state index contributed by atoms with van der Waals surface area (Å²) in [5, 5.41) is 74.0. The molecule has 0 bridgehead atoms. The van der Waals surface area contributed by atoms with Crippen molar-refractivity contribution in [3.8, 4) is 0 Å². The van der Waals surface area contributed by atoms with Gasteiger partial charge in [-0.05, 0) is 116 Å². The van der Waals surface area contributed by atoms with Gasteiger partial charge in [-0.25, -0.2) is 0 Å². The summed E-state index contributed by atoms with van der Waals surface area (Å²) in [6.45, 7) is 15.4. The van der Waals surface area contributed by atoms with Crippen LogP contribution in [-0.4, -0.2) is 116 Å². The molecular formula is C41H66O12. The molecule has 4 saturated carbocycles. The average Bonchev–Trinajstić information content (AvgIpc) is 3.10. The minimum absolute atomic E-state index is 0.0267. The second-order valence-electron chi connectivity index (χ2n) is 20.0. The summed E-state index contributed by atoms with van der Waals surface area (Å²) in [4.78, 5) is 13.1. The van der Waals surface area contributed by atoms with E-state index in [2.05, 4.69) is 47.6 Å². The van der Waals surface area contributed by atoms with Crippen LogP contribution in [0.3, 0.4) is 0 Å². The third-order valence-electron chi connectivity index (χ3n) is 17.1. The van der Waals surface area contributed by atoms with Crippen LogP contribution in [0.4, 0.5) is 0 Å². The van der Waals surface area contributed by atoms with Crippen molar-refractivity contribution in [1.29, 1.82) is 0 Å². The van der Waals surface area contributed by atoms with Crippen molar-refractivity contribution in [2.24, 2.45) is 50.2 Å². The fourth-order valence-electron chi connectivity index (χ4n) is 13.4. The highest BCUT2D eigenvalue weighted by atomic mass is 16.8. The highest BCUT2D eigenvalue weighted by Crippen LogP contribution is 2.76. The van der Waals surface area contributed by atoms with E-state index in [4.69, 9.17) is 18.9 Å². The van der Waals surface area contributed by atoms with E-state index in [1.165, 1.54) is 5.57 Å². The summed E-state index contributed by atoms with van der Waals surface area (Å²) in [6.07, 6.45) is -1.40. The largest absolute Gasteiger partial charge is 0.481 e. The van der Waals surface area contributed by atoms with Crippen molar-refractivity contribution in [1.82, 2.24) is 0 Å². The maximum Gasteiger partial charge on any atom is 0.310 e. The van der Waals surface area contributed by atoms with Gasteiger partial charge >= 0.3 is 5.97 Å². The normalized spacial score (nSPS) is 55.1. The molecule has 0 amide bonds. The third kappa shape index (κ3) is 5.85. The molecule has 12 nitrogen and oxygen atoms in total. The molecular weight excluding hydrogens is 684 g/mol. The first kappa shape index (κ1) is 40.0. The Bertz CT molecular complexity index is 1440. The first-order valence-electron chi connectivity index (χ1n) is 20.2. The third-order valence-corrected chi connectivity index (χ3v) is 17.1. The number of carboxylic acid groups (broad SMARTS) is 1. The molecule has 5 aliphatic carbocycles. The lowest BCUT2D eigenvalue weighted by atomic mass is 9.33. The predicted octanol–water partition coefficient (Wildman–Crippen LogP) is 3.52. The molecule has 2 aliphatic heterocycles. The van der Waals surface area contributed by atoms with Crippen molar-refractivity contribution in [3.63, 3.8) is 0 Å². The van der Waals surface area contributed by atoms with Gasteiger partial charge in [-0.2, -0.15) is 0 Å². The average molecular weight is 751 g/mol. The first-order valence-corrected chi connectivity index (χ1v) is 20.2. The highest BCUT2D eigenvalue weighted by molar-refractivity contribution is 5.76. The standard InChI is InChI=1S/C41H66O12/c1-21-28(44)30(46)31(47)33(51-21)53-32-29(45)24(43)19-50-34(32)52-27-11-12-38(5)25(36(27,2)3)10-13-40(7)26(38)9-8-22-23-18-37(4,20-42)14-16-41(23,35(48)49)17-15-39(22,40)6/h8,21,23-34,42-47H,9-20H2,1-7H3,(H,48,49)/t21-,23-,24-,25-,26+,27-,28-,29-,30+,31+,32+,33-,34-,37+,38-,39+,40+,41-/m0/s1. The monoisotopic (exact) mass is 750 g/mol. The van der Waals surface area contributed by atoms with Crippen molar-refractivity contribution in [2.75, 3.05) is 13.2 Å². The summed E-state index contributed by atoms with van der Waals surface area (Å²) >= 11 is 0. The number of hydrogen-bond donors (Lipinski definition) is 7. The van der Waals surface area contributed by atoms with E-state index in [-0.39, 0.29) is 52.3 Å². The van der Waals surface area contributed by atoms with Crippen LogP contribution >= 0.6 is 0 Å². The number of fused-ring (bicyclic) bond motifs is 7. The number of allylic oxidation sites excluding steroid dienone is 2. The van der Waals surface area contributed by atoms with E-state index in [1.54, 1.807) is 6.92 Å². The zero-order chi connectivity index (χ0) is 38.7. The fraction of sp³-hybridized carbons (Fsp3) is 0.927. The topological polar surface area (TPSA) is 196 Å². The van der Waals surface area contributed by atoms with Gasteiger partial charge < -0.3 is 54.7 Å². The molecule has 18 atom stereocenters. The summed E-state index contributed by atoms with van der Waals surface area (Å²) < 4.78 is 24.4. The summed E-state index contributed by atoms with van der Waals surface area (Å²) in [5.74, 6) is -0.0948. The number of ether oxygens (including phenoxy) is 4. The minimum Gasteiger partial charge on any atom is -0.481 e. The summed E-state index contributed by atoms with van der Waals surface area (Å²) in [5.41, 5.74) is -0.253. The van der Waals surface area contributed by atoms with E-state index in [0.717, 1.165) is 44.9 Å². The number of aliphatic hydroxyl groups is 6. The van der Waals surface area contributed by atoms with Gasteiger partial charge in [0.25, 0.3) is 0 Å². The Morgan fingerprint density at radius 1 is 0.830 bits per heavy atom. The van der Waals surface area contributed by atoms with Gasteiger partial charge in [0.15, 0.2) is 12.6 Å². The molecule has 7 rings (SSSR count). The number of carboxylic acids is 1.